The minimum absolute atomic E-state index is 0.0118. The average molecular weight is 235 g/mol. The van der Waals surface area contributed by atoms with Gasteiger partial charge in [0.1, 0.15) is 0 Å². The Morgan fingerprint density at radius 3 is 2.29 bits per heavy atom. The van der Waals surface area contributed by atoms with Gasteiger partial charge in [0.25, 0.3) is 0 Å². The molecule has 4 nitrogen and oxygen atoms in total. The van der Waals surface area contributed by atoms with Crippen molar-refractivity contribution in [1.29, 1.82) is 0 Å². The van der Waals surface area contributed by atoms with E-state index in [1.807, 2.05) is 31.2 Å². The van der Waals surface area contributed by atoms with Crippen LogP contribution in [0.5, 0.6) is 0 Å². The number of urea groups is 1. The number of amides is 2. The Morgan fingerprint density at radius 1 is 1.24 bits per heavy atom. The molecule has 0 spiro atoms. The SMILES string of the molecule is Cc1ccc(N(CCCN)C(=O)N(C)C)cc1. The van der Waals surface area contributed by atoms with Crippen LogP contribution in [-0.4, -0.2) is 38.1 Å². The number of anilines is 1. The average Bonchev–Trinajstić information content (AvgIpc) is 2.31. The molecule has 1 aromatic carbocycles. The Hall–Kier alpha value is -1.55. The van der Waals surface area contributed by atoms with Crippen LogP contribution in [0.3, 0.4) is 0 Å². The molecule has 1 aromatic rings. The lowest BCUT2D eigenvalue weighted by atomic mass is 10.2. The van der Waals surface area contributed by atoms with Gasteiger partial charge in [0.05, 0.1) is 0 Å². The van der Waals surface area contributed by atoms with E-state index in [4.69, 9.17) is 5.73 Å². The number of carbonyl (C=O) groups excluding carboxylic acids is 1. The van der Waals surface area contributed by atoms with Crippen molar-refractivity contribution in [2.75, 3.05) is 32.1 Å². The molecule has 0 radical (unpaired) electrons. The molecular formula is C13H21N3O. The summed E-state index contributed by atoms with van der Waals surface area (Å²) < 4.78 is 0. The number of aryl methyl sites for hydroxylation is 1. The van der Waals surface area contributed by atoms with Crippen molar-refractivity contribution >= 4 is 11.7 Å². The highest BCUT2D eigenvalue weighted by Crippen LogP contribution is 2.16. The number of nitrogens with zero attached hydrogens (tertiary/aromatic N) is 2. The topological polar surface area (TPSA) is 49.6 Å². The molecule has 0 aliphatic heterocycles. The highest BCUT2D eigenvalue weighted by molar-refractivity contribution is 5.91. The standard InChI is InChI=1S/C13H21N3O/c1-11-5-7-12(8-6-11)16(10-4-9-14)13(17)15(2)3/h5-8H,4,9-10,14H2,1-3H3. The summed E-state index contributed by atoms with van der Waals surface area (Å²) in [5.41, 5.74) is 7.61. The number of nitrogens with two attached hydrogens (primary N) is 1. The van der Waals surface area contributed by atoms with Crippen LogP contribution in [0.1, 0.15) is 12.0 Å². The molecule has 0 unspecified atom stereocenters. The summed E-state index contributed by atoms with van der Waals surface area (Å²) >= 11 is 0. The van der Waals surface area contributed by atoms with Gasteiger partial charge < -0.3 is 10.6 Å². The second kappa shape index (κ2) is 6.25. The quantitative estimate of drug-likeness (QED) is 0.865. The summed E-state index contributed by atoms with van der Waals surface area (Å²) in [5, 5.41) is 0. The van der Waals surface area contributed by atoms with E-state index in [1.54, 1.807) is 23.9 Å². The van der Waals surface area contributed by atoms with Gasteiger partial charge in [0.15, 0.2) is 0 Å². The summed E-state index contributed by atoms with van der Waals surface area (Å²) in [4.78, 5) is 15.4. The summed E-state index contributed by atoms with van der Waals surface area (Å²) in [5.74, 6) is 0. The molecule has 0 aliphatic carbocycles. The normalized spacial score (nSPS) is 10.1. The Labute approximate surface area is 103 Å². The maximum absolute atomic E-state index is 12.0. The van der Waals surface area contributed by atoms with Crippen molar-refractivity contribution in [3.8, 4) is 0 Å². The molecule has 17 heavy (non-hydrogen) atoms. The van der Waals surface area contributed by atoms with Crippen LogP contribution in [0.4, 0.5) is 10.5 Å². The van der Waals surface area contributed by atoms with Crippen LogP contribution in [0.25, 0.3) is 0 Å². The van der Waals surface area contributed by atoms with E-state index in [2.05, 4.69) is 0 Å². The first-order valence-electron chi connectivity index (χ1n) is 5.82. The fourth-order valence-electron chi connectivity index (χ4n) is 1.55. The van der Waals surface area contributed by atoms with Gasteiger partial charge in [-0.25, -0.2) is 4.79 Å². The van der Waals surface area contributed by atoms with Crippen molar-refractivity contribution in [2.45, 2.75) is 13.3 Å². The maximum Gasteiger partial charge on any atom is 0.323 e. The van der Waals surface area contributed by atoms with Crippen LogP contribution in [-0.2, 0) is 0 Å². The van der Waals surface area contributed by atoms with Gasteiger partial charge in [-0.2, -0.15) is 0 Å². The minimum Gasteiger partial charge on any atom is -0.330 e. The van der Waals surface area contributed by atoms with Crippen LogP contribution < -0.4 is 10.6 Å². The van der Waals surface area contributed by atoms with Crippen molar-refractivity contribution < 1.29 is 4.79 Å². The van der Waals surface area contributed by atoms with E-state index in [0.717, 1.165) is 12.1 Å². The molecule has 0 aliphatic rings. The second-order valence-corrected chi connectivity index (χ2v) is 4.31. The number of hydrogen-bond acceptors (Lipinski definition) is 2. The first-order chi connectivity index (χ1) is 8.06. The van der Waals surface area contributed by atoms with E-state index < -0.39 is 0 Å². The summed E-state index contributed by atoms with van der Waals surface area (Å²) in [6, 6.07) is 7.93. The predicted molar refractivity (Wildman–Crippen MR) is 71.3 cm³/mol. The number of hydrogen-bond donors (Lipinski definition) is 1. The van der Waals surface area contributed by atoms with Crippen LogP contribution >= 0.6 is 0 Å². The fourth-order valence-corrected chi connectivity index (χ4v) is 1.55. The maximum atomic E-state index is 12.0. The molecule has 1 rings (SSSR count). The van der Waals surface area contributed by atoms with Gasteiger partial charge in [0.2, 0.25) is 0 Å². The van der Waals surface area contributed by atoms with E-state index in [-0.39, 0.29) is 6.03 Å². The van der Waals surface area contributed by atoms with E-state index in [1.165, 1.54) is 5.56 Å². The Morgan fingerprint density at radius 2 is 1.82 bits per heavy atom. The van der Waals surface area contributed by atoms with Gasteiger partial charge in [0, 0.05) is 26.3 Å². The van der Waals surface area contributed by atoms with Crippen LogP contribution in [0, 0.1) is 6.92 Å². The molecule has 94 valence electrons. The Kier molecular flexibility index (Phi) is 4.97. The van der Waals surface area contributed by atoms with Gasteiger partial charge in [-0.15, -0.1) is 0 Å². The van der Waals surface area contributed by atoms with Crippen LogP contribution in [0.15, 0.2) is 24.3 Å². The van der Waals surface area contributed by atoms with Gasteiger partial charge in [-0.05, 0) is 32.0 Å². The molecule has 4 heteroatoms. The zero-order valence-corrected chi connectivity index (χ0v) is 10.8. The summed E-state index contributed by atoms with van der Waals surface area (Å²) in [7, 11) is 3.51. The minimum atomic E-state index is -0.0118. The molecule has 2 N–H and O–H groups in total. The third kappa shape index (κ3) is 3.75. The van der Waals surface area contributed by atoms with Crippen LogP contribution in [0.2, 0.25) is 0 Å². The van der Waals surface area contributed by atoms with E-state index in [0.29, 0.717) is 13.1 Å². The lowest BCUT2D eigenvalue weighted by Gasteiger charge is -2.26. The molecule has 0 fully saturated rings. The molecule has 0 saturated heterocycles. The Bertz CT molecular complexity index is 359. The lowest BCUT2D eigenvalue weighted by Crippen LogP contribution is -2.40. The van der Waals surface area contributed by atoms with E-state index in [9.17, 15) is 4.79 Å². The highest BCUT2D eigenvalue weighted by Gasteiger charge is 2.16. The third-order valence-corrected chi connectivity index (χ3v) is 2.54. The predicted octanol–water partition coefficient (Wildman–Crippen LogP) is 1.83. The number of rotatable bonds is 4. The molecule has 0 saturated carbocycles. The molecule has 0 heterocycles. The van der Waals surface area contributed by atoms with Gasteiger partial charge in [-0.1, -0.05) is 17.7 Å². The first kappa shape index (κ1) is 13.5. The van der Waals surface area contributed by atoms with Gasteiger partial charge >= 0.3 is 6.03 Å². The molecule has 2 amide bonds. The zero-order valence-electron chi connectivity index (χ0n) is 10.8. The number of carbonyl (C=O) groups is 1. The number of benzene rings is 1. The monoisotopic (exact) mass is 235 g/mol. The summed E-state index contributed by atoms with van der Waals surface area (Å²) in [6.07, 6.45) is 0.799. The van der Waals surface area contributed by atoms with Crippen molar-refractivity contribution in [1.82, 2.24) is 4.90 Å². The van der Waals surface area contributed by atoms with Crippen molar-refractivity contribution in [3.05, 3.63) is 29.8 Å². The third-order valence-electron chi connectivity index (χ3n) is 2.54. The second-order valence-electron chi connectivity index (χ2n) is 4.31. The van der Waals surface area contributed by atoms with Gasteiger partial charge in [-0.3, -0.25) is 4.90 Å². The fraction of sp³-hybridized carbons (Fsp3) is 0.462. The Balaban J connectivity index is 2.89. The molecule has 0 bridgehead atoms. The molecular weight excluding hydrogens is 214 g/mol. The largest absolute Gasteiger partial charge is 0.330 e. The molecule has 0 atom stereocenters. The van der Waals surface area contributed by atoms with E-state index >= 15 is 0 Å². The van der Waals surface area contributed by atoms with Crippen molar-refractivity contribution in [3.63, 3.8) is 0 Å². The smallest absolute Gasteiger partial charge is 0.323 e. The lowest BCUT2D eigenvalue weighted by molar-refractivity contribution is 0.223. The summed E-state index contributed by atoms with van der Waals surface area (Å²) in [6.45, 7) is 3.27. The molecule has 0 aromatic heterocycles. The zero-order chi connectivity index (χ0) is 12.8. The highest BCUT2D eigenvalue weighted by atomic mass is 16.2. The van der Waals surface area contributed by atoms with Crippen molar-refractivity contribution in [2.24, 2.45) is 5.73 Å². The first-order valence-corrected chi connectivity index (χ1v) is 5.82.